The summed E-state index contributed by atoms with van der Waals surface area (Å²) in [5, 5.41) is 2.83. The molecule has 1 aliphatic carbocycles. The minimum atomic E-state index is 0.137. The Bertz CT molecular complexity index is 225. The van der Waals surface area contributed by atoms with Crippen LogP contribution in [0.4, 0.5) is 0 Å². The summed E-state index contributed by atoms with van der Waals surface area (Å²) < 4.78 is 0. The summed E-state index contributed by atoms with van der Waals surface area (Å²) in [5.41, 5.74) is 5.33. The molecule has 0 saturated heterocycles. The molecule has 0 aromatic rings. The van der Waals surface area contributed by atoms with Crippen LogP contribution >= 0.6 is 12.2 Å². The molecule has 0 aromatic heterocycles. The number of carbonyl (C=O) groups excluding carboxylic acids is 1. The molecule has 1 fully saturated rings. The highest BCUT2D eigenvalue weighted by molar-refractivity contribution is 7.80. The summed E-state index contributed by atoms with van der Waals surface area (Å²) in [6.07, 6.45) is 7.59. The van der Waals surface area contributed by atoms with Crippen LogP contribution in [0.1, 0.15) is 44.9 Å². The first-order valence-corrected chi connectivity index (χ1v) is 6.14. The van der Waals surface area contributed by atoms with Crippen molar-refractivity contribution >= 4 is 23.1 Å². The van der Waals surface area contributed by atoms with Crippen LogP contribution < -0.4 is 11.1 Å². The predicted molar refractivity (Wildman–Crippen MR) is 65.6 cm³/mol. The van der Waals surface area contributed by atoms with Crippen molar-refractivity contribution in [2.24, 2.45) is 11.7 Å². The number of rotatable bonds is 6. The average Bonchev–Trinajstić information content (AvgIpc) is 2.66. The van der Waals surface area contributed by atoms with Gasteiger partial charge in [-0.15, -0.1) is 0 Å². The molecule has 3 N–H and O–H groups in total. The Hall–Kier alpha value is -0.640. The Kier molecular flexibility index (Phi) is 5.61. The van der Waals surface area contributed by atoms with E-state index in [1.165, 1.54) is 25.7 Å². The lowest BCUT2D eigenvalue weighted by atomic mass is 10.0. The van der Waals surface area contributed by atoms with Crippen molar-refractivity contribution in [3.63, 3.8) is 0 Å². The second-order valence-electron chi connectivity index (χ2n) is 4.26. The van der Waals surface area contributed by atoms with Gasteiger partial charge in [-0.2, -0.15) is 0 Å². The fourth-order valence-corrected chi connectivity index (χ4v) is 2.15. The highest BCUT2D eigenvalue weighted by Crippen LogP contribution is 2.28. The largest absolute Gasteiger partial charge is 0.393 e. The Morgan fingerprint density at radius 2 is 2.00 bits per heavy atom. The quantitative estimate of drug-likeness (QED) is 0.681. The highest BCUT2D eigenvalue weighted by Gasteiger charge is 2.15. The highest BCUT2D eigenvalue weighted by atomic mass is 32.1. The minimum absolute atomic E-state index is 0.137. The molecule has 1 saturated carbocycles. The van der Waals surface area contributed by atoms with E-state index in [0.717, 1.165) is 12.3 Å². The van der Waals surface area contributed by atoms with E-state index in [9.17, 15) is 4.79 Å². The van der Waals surface area contributed by atoms with Crippen molar-refractivity contribution in [1.82, 2.24) is 5.32 Å². The maximum absolute atomic E-state index is 11.4. The molecule has 3 nitrogen and oxygen atoms in total. The number of hydrogen-bond donors (Lipinski definition) is 2. The van der Waals surface area contributed by atoms with Gasteiger partial charge in [0.25, 0.3) is 0 Å². The molecule has 4 heteroatoms. The van der Waals surface area contributed by atoms with Crippen LogP contribution in [0, 0.1) is 5.92 Å². The van der Waals surface area contributed by atoms with E-state index in [4.69, 9.17) is 18.0 Å². The van der Waals surface area contributed by atoms with Gasteiger partial charge < -0.3 is 11.1 Å². The molecule has 1 rings (SSSR count). The van der Waals surface area contributed by atoms with Gasteiger partial charge in [-0.05, 0) is 12.3 Å². The molecule has 0 aliphatic heterocycles. The molecule has 86 valence electrons. The summed E-state index contributed by atoms with van der Waals surface area (Å²) in [6, 6.07) is 0. The molecule has 0 radical (unpaired) electrons. The molecular formula is C11H20N2OS. The maximum Gasteiger partial charge on any atom is 0.220 e. The normalized spacial score (nSPS) is 16.5. The minimum Gasteiger partial charge on any atom is -0.393 e. The lowest BCUT2D eigenvalue weighted by Gasteiger charge is -2.08. The smallest absolute Gasteiger partial charge is 0.220 e. The third-order valence-electron chi connectivity index (χ3n) is 2.95. The molecule has 0 atom stereocenters. The van der Waals surface area contributed by atoms with Crippen LogP contribution in [0.15, 0.2) is 0 Å². The summed E-state index contributed by atoms with van der Waals surface area (Å²) in [7, 11) is 0. The Labute approximate surface area is 96.8 Å². The van der Waals surface area contributed by atoms with Crippen LogP contribution in [0.5, 0.6) is 0 Å². The molecule has 0 bridgehead atoms. The van der Waals surface area contributed by atoms with Gasteiger partial charge in [0.15, 0.2) is 0 Å². The predicted octanol–water partition coefficient (Wildman–Crippen LogP) is 1.75. The molecule has 0 aromatic carbocycles. The monoisotopic (exact) mass is 228 g/mol. The van der Waals surface area contributed by atoms with Crippen molar-refractivity contribution in [3.05, 3.63) is 0 Å². The van der Waals surface area contributed by atoms with Gasteiger partial charge in [-0.3, -0.25) is 4.79 Å². The van der Waals surface area contributed by atoms with Gasteiger partial charge in [0.2, 0.25) is 5.91 Å². The third-order valence-corrected chi connectivity index (χ3v) is 3.15. The second-order valence-corrected chi connectivity index (χ2v) is 4.78. The van der Waals surface area contributed by atoms with Crippen LogP contribution in [0.25, 0.3) is 0 Å². The van der Waals surface area contributed by atoms with E-state index in [1.54, 1.807) is 0 Å². The first kappa shape index (κ1) is 12.4. The Morgan fingerprint density at radius 1 is 1.33 bits per heavy atom. The zero-order valence-electron chi connectivity index (χ0n) is 9.13. The third kappa shape index (κ3) is 5.72. The number of nitrogens with one attached hydrogen (secondary N) is 1. The van der Waals surface area contributed by atoms with Gasteiger partial charge >= 0.3 is 0 Å². The van der Waals surface area contributed by atoms with E-state index in [2.05, 4.69) is 5.32 Å². The molecule has 0 heterocycles. The van der Waals surface area contributed by atoms with Crippen molar-refractivity contribution < 1.29 is 4.79 Å². The fourth-order valence-electron chi connectivity index (χ4n) is 2.05. The zero-order valence-corrected chi connectivity index (χ0v) is 9.94. The first-order valence-electron chi connectivity index (χ1n) is 5.73. The molecule has 0 spiro atoms. The second kappa shape index (κ2) is 6.77. The van der Waals surface area contributed by atoms with Crippen LogP contribution in [-0.4, -0.2) is 17.4 Å². The van der Waals surface area contributed by atoms with Gasteiger partial charge in [0.1, 0.15) is 0 Å². The number of hydrogen-bond acceptors (Lipinski definition) is 2. The lowest BCUT2D eigenvalue weighted by Crippen LogP contribution is -2.27. The maximum atomic E-state index is 11.4. The summed E-state index contributed by atoms with van der Waals surface area (Å²) in [5.74, 6) is 0.921. The van der Waals surface area contributed by atoms with Crippen molar-refractivity contribution in [2.75, 3.05) is 6.54 Å². The van der Waals surface area contributed by atoms with Gasteiger partial charge in [-0.1, -0.05) is 37.9 Å². The zero-order chi connectivity index (χ0) is 11.1. The SMILES string of the molecule is NC(=S)CCNC(=O)CCC1CCCC1. The Balaban J connectivity index is 2.00. The van der Waals surface area contributed by atoms with Crippen molar-refractivity contribution in [2.45, 2.75) is 44.9 Å². The number of nitrogens with two attached hydrogens (primary N) is 1. The van der Waals surface area contributed by atoms with Crippen LogP contribution in [0.3, 0.4) is 0 Å². The van der Waals surface area contributed by atoms with E-state index in [1.807, 2.05) is 0 Å². The van der Waals surface area contributed by atoms with Crippen molar-refractivity contribution in [1.29, 1.82) is 0 Å². The van der Waals surface area contributed by atoms with Gasteiger partial charge in [-0.25, -0.2) is 0 Å². The topological polar surface area (TPSA) is 55.1 Å². The molecule has 1 aliphatic rings. The number of carbonyl (C=O) groups is 1. The average molecular weight is 228 g/mol. The fraction of sp³-hybridized carbons (Fsp3) is 0.818. The number of amides is 1. The lowest BCUT2D eigenvalue weighted by molar-refractivity contribution is -0.121. The Morgan fingerprint density at radius 3 is 2.60 bits per heavy atom. The van der Waals surface area contributed by atoms with E-state index in [0.29, 0.717) is 24.4 Å². The summed E-state index contributed by atoms with van der Waals surface area (Å²) in [4.78, 5) is 11.9. The number of thiocarbonyl (C=S) groups is 1. The molecule has 0 unspecified atom stereocenters. The van der Waals surface area contributed by atoms with Gasteiger partial charge in [0, 0.05) is 19.4 Å². The van der Waals surface area contributed by atoms with E-state index >= 15 is 0 Å². The standard InChI is InChI=1S/C11H20N2OS/c12-10(15)7-8-13-11(14)6-5-9-3-1-2-4-9/h9H,1-8H2,(H2,12,15)(H,13,14). The first-order chi connectivity index (χ1) is 7.18. The van der Waals surface area contributed by atoms with E-state index in [-0.39, 0.29) is 5.91 Å². The van der Waals surface area contributed by atoms with E-state index < -0.39 is 0 Å². The van der Waals surface area contributed by atoms with Crippen molar-refractivity contribution in [3.8, 4) is 0 Å². The van der Waals surface area contributed by atoms with Crippen LogP contribution in [-0.2, 0) is 4.79 Å². The van der Waals surface area contributed by atoms with Gasteiger partial charge in [0.05, 0.1) is 4.99 Å². The summed E-state index contributed by atoms with van der Waals surface area (Å²) in [6.45, 7) is 0.582. The molecule has 1 amide bonds. The molecular weight excluding hydrogens is 208 g/mol. The summed E-state index contributed by atoms with van der Waals surface area (Å²) >= 11 is 4.73. The van der Waals surface area contributed by atoms with Crippen LogP contribution in [0.2, 0.25) is 0 Å². The molecule has 15 heavy (non-hydrogen) atoms.